The quantitative estimate of drug-likeness (QED) is 0.895. The maximum Gasteiger partial charge on any atom is 0.416 e. The standard InChI is InChI=1S/C11H12F3NO4S/c1-6(2)20(18,19)15-9-5-7(11(12,13)14)3-4-8(9)10(16)17/h3-6,15H,1-2H3,(H,16,17). The smallest absolute Gasteiger partial charge is 0.416 e. The molecule has 112 valence electrons. The molecule has 0 fully saturated rings. The molecule has 9 heteroatoms. The second-order valence-corrected chi connectivity index (χ2v) is 6.50. The minimum Gasteiger partial charge on any atom is -0.478 e. The van der Waals surface area contributed by atoms with Gasteiger partial charge in [0, 0.05) is 0 Å². The summed E-state index contributed by atoms with van der Waals surface area (Å²) in [5.41, 5.74) is -2.30. The van der Waals surface area contributed by atoms with E-state index < -0.39 is 44.2 Å². The highest BCUT2D eigenvalue weighted by Gasteiger charge is 2.32. The minimum absolute atomic E-state index is 0.462. The van der Waals surface area contributed by atoms with Gasteiger partial charge in [-0.25, -0.2) is 13.2 Å². The van der Waals surface area contributed by atoms with Gasteiger partial charge < -0.3 is 5.11 Å². The number of alkyl halides is 3. The number of carboxylic acids is 1. The van der Waals surface area contributed by atoms with Crippen molar-refractivity contribution in [2.24, 2.45) is 0 Å². The molecule has 1 aromatic carbocycles. The third-order valence-electron chi connectivity index (χ3n) is 2.45. The lowest BCUT2D eigenvalue weighted by molar-refractivity contribution is -0.137. The molecule has 0 spiro atoms. The number of carbonyl (C=O) groups is 1. The first-order chi connectivity index (χ1) is 8.95. The zero-order valence-corrected chi connectivity index (χ0v) is 11.3. The Hall–Kier alpha value is -1.77. The molecule has 0 radical (unpaired) electrons. The van der Waals surface area contributed by atoms with Gasteiger partial charge in [-0.05, 0) is 32.0 Å². The lowest BCUT2D eigenvalue weighted by Crippen LogP contribution is -2.24. The first kappa shape index (κ1) is 16.3. The number of hydrogen-bond donors (Lipinski definition) is 2. The Kier molecular flexibility index (Phi) is 4.33. The molecule has 0 aliphatic rings. The van der Waals surface area contributed by atoms with E-state index in [1.165, 1.54) is 13.8 Å². The van der Waals surface area contributed by atoms with E-state index in [2.05, 4.69) is 0 Å². The van der Waals surface area contributed by atoms with Crippen molar-refractivity contribution < 1.29 is 31.5 Å². The van der Waals surface area contributed by atoms with Crippen LogP contribution in [0.3, 0.4) is 0 Å². The van der Waals surface area contributed by atoms with E-state index >= 15 is 0 Å². The van der Waals surface area contributed by atoms with Crippen LogP contribution in [-0.2, 0) is 16.2 Å². The van der Waals surface area contributed by atoms with Gasteiger partial charge in [0.25, 0.3) is 0 Å². The van der Waals surface area contributed by atoms with Crippen molar-refractivity contribution >= 4 is 21.7 Å². The molecular formula is C11H12F3NO4S. The van der Waals surface area contributed by atoms with E-state index in [1.807, 2.05) is 4.72 Å². The molecule has 0 saturated heterocycles. The fourth-order valence-electron chi connectivity index (χ4n) is 1.26. The summed E-state index contributed by atoms with van der Waals surface area (Å²) in [4.78, 5) is 10.9. The third-order valence-corrected chi connectivity index (χ3v) is 4.20. The summed E-state index contributed by atoms with van der Waals surface area (Å²) in [5, 5.41) is 7.96. The van der Waals surface area contributed by atoms with Crippen molar-refractivity contribution in [2.45, 2.75) is 25.3 Å². The van der Waals surface area contributed by atoms with Crippen molar-refractivity contribution in [1.82, 2.24) is 0 Å². The number of nitrogens with one attached hydrogen (secondary N) is 1. The van der Waals surface area contributed by atoms with Crippen LogP contribution >= 0.6 is 0 Å². The van der Waals surface area contributed by atoms with E-state index in [1.54, 1.807) is 0 Å². The number of halogens is 3. The Morgan fingerprint density at radius 1 is 1.30 bits per heavy atom. The summed E-state index contributed by atoms with van der Waals surface area (Å²) < 4.78 is 62.9. The van der Waals surface area contributed by atoms with Gasteiger partial charge in [-0.2, -0.15) is 13.2 Å². The summed E-state index contributed by atoms with van der Waals surface area (Å²) in [5.74, 6) is -1.53. The molecule has 0 amide bonds. The summed E-state index contributed by atoms with van der Waals surface area (Å²) in [7, 11) is -3.95. The zero-order chi connectivity index (χ0) is 15.7. The number of anilines is 1. The van der Waals surface area contributed by atoms with Crippen LogP contribution in [0.1, 0.15) is 29.8 Å². The van der Waals surface area contributed by atoms with Crippen LogP contribution in [0.25, 0.3) is 0 Å². The monoisotopic (exact) mass is 311 g/mol. The minimum atomic E-state index is -4.70. The second kappa shape index (κ2) is 5.31. The molecule has 0 aliphatic carbocycles. The fourth-order valence-corrected chi connectivity index (χ4v) is 1.97. The molecule has 2 N–H and O–H groups in total. The molecule has 0 aliphatic heterocycles. The van der Waals surface area contributed by atoms with Gasteiger partial charge in [0.15, 0.2) is 0 Å². The van der Waals surface area contributed by atoms with Crippen molar-refractivity contribution in [3.05, 3.63) is 29.3 Å². The van der Waals surface area contributed by atoms with Crippen LogP contribution in [0, 0.1) is 0 Å². The van der Waals surface area contributed by atoms with E-state index in [-0.39, 0.29) is 0 Å². The molecule has 1 aromatic rings. The summed E-state index contributed by atoms with van der Waals surface area (Å²) in [6.07, 6.45) is -4.70. The van der Waals surface area contributed by atoms with Gasteiger partial charge in [0.05, 0.1) is 22.1 Å². The number of sulfonamides is 1. The molecule has 5 nitrogen and oxygen atoms in total. The van der Waals surface area contributed by atoms with E-state index in [0.29, 0.717) is 18.2 Å². The van der Waals surface area contributed by atoms with Crippen LogP contribution in [0.15, 0.2) is 18.2 Å². The molecule has 20 heavy (non-hydrogen) atoms. The van der Waals surface area contributed by atoms with Gasteiger partial charge in [-0.1, -0.05) is 0 Å². The van der Waals surface area contributed by atoms with E-state index in [4.69, 9.17) is 5.11 Å². The van der Waals surface area contributed by atoms with Gasteiger partial charge in [-0.15, -0.1) is 0 Å². The third kappa shape index (κ3) is 3.62. The maximum atomic E-state index is 12.6. The first-order valence-corrected chi connectivity index (χ1v) is 6.96. The molecule has 0 unspecified atom stereocenters. The largest absolute Gasteiger partial charge is 0.478 e. The van der Waals surface area contributed by atoms with Crippen LogP contribution in [0.2, 0.25) is 0 Å². The number of benzene rings is 1. The zero-order valence-electron chi connectivity index (χ0n) is 10.5. The highest BCUT2D eigenvalue weighted by Crippen LogP contribution is 2.32. The highest BCUT2D eigenvalue weighted by atomic mass is 32.2. The maximum absolute atomic E-state index is 12.6. The molecule has 1 rings (SSSR count). The second-order valence-electron chi connectivity index (χ2n) is 4.26. The van der Waals surface area contributed by atoms with Gasteiger partial charge in [0.2, 0.25) is 10.0 Å². The Balaban J connectivity index is 3.38. The average molecular weight is 311 g/mol. The Morgan fingerprint density at radius 3 is 2.25 bits per heavy atom. The molecule has 0 aromatic heterocycles. The molecule has 0 atom stereocenters. The Labute approximate surface area is 113 Å². The van der Waals surface area contributed by atoms with E-state index in [0.717, 1.165) is 0 Å². The lowest BCUT2D eigenvalue weighted by Gasteiger charge is -2.15. The summed E-state index contributed by atoms with van der Waals surface area (Å²) in [6.45, 7) is 2.63. The highest BCUT2D eigenvalue weighted by molar-refractivity contribution is 7.93. The SMILES string of the molecule is CC(C)S(=O)(=O)Nc1cc(C(F)(F)F)ccc1C(=O)O. The number of rotatable bonds is 4. The predicted octanol–water partition coefficient (Wildman–Crippen LogP) is 2.55. The summed E-state index contributed by atoms with van der Waals surface area (Å²) in [6, 6.07) is 1.75. The van der Waals surface area contributed by atoms with Gasteiger partial charge in [0.1, 0.15) is 0 Å². The van der Waals surface area contributed by atoms with Crippen LogP contribution in [-0.4, -0.2) is 24.7 Å². The molecule has 0 saturated carbocycles. The van der Waals surface area contributed by atoms with Crippen LogP contribution in [0.5, 0.6) is 0 Å². The number of hydrogen-bond acceptors (Lipinski definition) is 3. The van der Waals surface area contributed by atoms with E-state index in [9.17, 15) is 26.4 Å². The molecule has 0 heterocycles. The normalized spacial score (nSPS) is 12.5. The topological polar surface area (TPSA) is 83.5 Å². The van der Waals surface area contributed by atoms with Crippen LogP contribution < -0.4 is 4.72 Å². The molecular weight excluding hydrogens is 299 g/mol. The van der Waals surface area contributed by atoms with Crippen molar-refractivity contribution in [3.8, 4) is 0 Å². The van der Waals surface area contributed by atoms with Crippen molar-refractivity contribution in [1.29, 1.82) is 0 Å². The average Bonchev–Trinajstić information content (AvgIpc) is 2.26. The Morgan fingerprint density at radius 2 is 1.85 bits per heavy atom. The first-order valence-electron chi connectivity index (χ1n) is 5.41. The van der Waals surface area contributed by atoms with Crippen molar-refractivity contribution in [3.63, 3.8) is 0 Å². The number of carboxylic acid groups (broad SMARTS) is 1. The lowest BCUT2D eigenvalue weighted by atomic mass is 10.1. The number of aromatic carboxylic acids is 1. The van der Waals surface area contributed by atoms with Crippen LogP contribution in [0.4, 0.5) is 18.9 Å². The molecule has 0 bridgehead atoms. The summed E-state index contributed by atoms with van der Waals surface area (Å²) >= 11 is 0. The fraction of sp³-hybridized carbons (Fsp3) is 0.364. The Bertz CT molecular complexity index is 623. The predicted molar refractivity (Wildman–Crippen MR) is 66.1 cm³/mol. The van der Waals surface area contributed by atoms with Gasteiger partial charge in [-0.3, -0.25) is 4.72 Å². The van der Waals surface area contributed by atoms with Crippen molar-refractivity contribution in [2.75, 3.05) is 4.72 Å². The van der Waals surface area contributed by atoms with Gasteiger partial charge >= 0.3 is 12.1 Å².